The molecule has 0 aliphatic carbocycles. The summed E-state index contributed by atoms with van der Waals surface area (Å²) in [6.07, 6.45) is 1.65. The van der Waals surface area contributed by atoms with E-state index in [9.17, 15) is 9.59 Å². The topological polar surface area (TPSA) is 105 Å². The Morgan fingerprint density at radius 1 is 1.11 bits per heavy atom. The Labute approximate surface area is 217 Å². The van der Waals surface area contributed by atoms with Crippen LogP contribution in [0.1, 0.15) is 25.9 Å². The van der Waals surface area contributed by atoms with Gasteiger partial charge >= 0.3 is 0 Å². The van der Waals surface area contributed by atoms with E-state index in [0.29, 0.717) is 52.3 Å². The molecule has 2 amide bonds. The molecule has 2 N–H and O–H groups in total. The number of hydrogen-bond donors (Lipinski definition) is 2. The number of nitrogens with zero attached hydrogens (tertiary/aromatic N) is 4. The number of imidazole rings is 1. The van der Waals surface area contributed by atoms with Crippen molar-refractivity contribution in [2.75, 3.05) is 30.9 Å². The van der Waals surface area contributed by atoms with Gasteiger partial charge in [0.1, 0.15) is 0 Å². The number of anilines is 2. The molecule has 5 aromatic rings. The van der Waals surface area contributed by atoms with Crippen LogP contribution in [-0.4, -0.2) is 47.0 Å². The third-order valence-corrected chi connectivity index (χ3v) is 7.05. The number of carbonyl (C=O) groups excluding carboxylic acids is 2. The Morgan fingerprint density at radius 3 is 2.65 bits per heavy atom. The van der Waals surface area contributed by atoms with Crippen molar-refractivity contribution in [1.29, 1.82) is 0 Å². The number of aryl methyl sites for hydroxylation is 1. The van der Waals surface area contributed by atoms with E-state index in [1.165, 1.54) is 11.3 Å². The van der Waals surface area contributed by atoms with Crippen LogP contribution in [0.3, 0.4) is 0 Å². The highest BCUT2D eigenvalue weighted by Crippen LogP contribution is 2.30. The van der Waals surface area contributed by atoms with Gasteiger partial charge in [-0.05, 0) is 49.5 Å². The molecule has 37 heavy (non-hydrogen) atoms. The smallest absolute Gasteiger partial charge is 0.268 e. The summed E-state index contributed by atoms with van der Waals surface area (Å²) in [6, 6.07) is 18.4. The van der Waals surface area contributed by atoms with Crippen molar-refractivity contribution in [3.8, 4) is 10.6 Å². The fourth-order valence-electron chi connectivity index (χ4n) is 3.99. The van der Waals surface area contributed by atoms with E-state index < -0.39 is 0 Å². The molecule has 0 spiro atoms. The Kier molecular flexibility index (Phi) is 6.85. The van der Waals surface area contributed by atoms with Crippen molar-refractivity contribution in [2.24, 2.45) is 0 Å². The van der Waals surface area contributed by atoms with E-state index in [1.54, 1.807) is 43.3 Å². The van der Waals surface area contributed by atoms with Gasteiger partial charge in [0.15, 0.2) is 11.7 Å². The minimum atomic E-state index is -0.259. The van der Waals surface area contributed by atoms with Crippen LogP contribution in [-0.2, 0) is 6.54 Å². The largest absolute Gasteiger partial charge is 0.440 e. The number of fused-ring (bicyclic) bond motifs is 1. The first-order valence-corrected chi connectivity index (χ1v) is 12.6. The van der Waals surface area contributed by atoms with Crippen molar-refractivity contribution in [3.05, 3.63) is 83.2 Å². The van der Waals surface area contributed by atoms with Crippen LogP contribution in [0.25, 0.3) is 21.7 Å². The van der Waals surface area contributed by atoms with Gasteiger partial charge in [0.05, 0.1) is 27.0 Å². The predicted octanol–water partition coefficient (Wildman–Crippen LogP) is 4.81. The summed E-state index contributed by atoms with van der Waals surface area (Å²) in [4.78, 5) is 37.8. The van der Waals surface area contributed by atoms with Gasteiger partial charge in [0.2, 0.25) is 5.95 Å². The Balaban J connectivity index is 1.43. The van der Waals surface area contributed by atoms with Crippen LogP contribution in [0.4, 0.5) is 11.6 Å². The van der Waals surface area contributed by atoms with E-state index in [4.69, 9.17) is 9.40 Å². The van der Waals surface area contributed by atoms with Crippen LogP contribution >= 0.6 is 11.3 Å². The molecule has 3 aromatic heterocycles. The highest BCUT2D eigenvalue weighted by molar-refractivity contribution is 7.17. The number of amides is 2. The zero-order valence-corrected chi connectivity index (χ0v) is 21.5. The SMILES string of the molecule is CNCCn1c(NC(=O)c2ccc(-c3cnc(C)o3)s2)nc2cc(N(C)C(=O)c3ccccc3)ccc21. The summed E-state index contributed by atoms with van der Waals surface area (Å²) in [5.74, 6) is 1.27. The van der Waals surface area contributed by atoms with Crippen molar-refractivity contribution in [3.63, 3.8) is 0 Å². The van der Waals surface area contributed by atoms with Crippen molar-refractivity contribution in [1.82, 2.24) is 19.9 Å². The maximum atomic E-state index is 13.1. The van der Waals surface area contributed by atoms with E-state index in [1.807, 2.05) is 54.1 Å². The van der Waals surface area contributed by atoms with Gasteiger partial charge in [-0.1, -0.05) is 18.2 Å². The molecule has 0 unspecified atom stereocenters. The normalized spacial score (nSPS) is 11.1. The van der Waals surface area contributed by atoms with Crippen molar-refractivity contribution in [2.45, 2.75) is 13.5 Å². The molecule has 9 nitrogen and oxygen atoms in total. The molecule has 0 radical (unpaired) electrons. The van der Waals surface area contributed by atoms with E-state index >= 15 is 0 Å². The molecular weight excluding hydrogens is 488 g/mol. The zero-order valence-electron chi connectivity index (χ0n) is 20.7. The van der Waals surface area contributed by atoms with Crippen LogP contribution in [0.15, 0.2) is 71.3 Å². The second-order valence-corrected chi connectivity index (χ2v) is 9.54. The highest BCUT2D eigenvalue weighted by Gasteiger charge is 2.19. The molecule has 188 valence electrons. The second kappa shape index (κ2) is 10.4. The van der Waals surface area contributed by atoms with Gasteiger partial charge in [-0.25, -0.2) is 9.97 Å². The lowest BCUT2D eigenvalue weighted by atomic mass is 10.2. The molecule has 0 atom stereocenters. The molecule has 0 saturated heterocycles. The number of thiophene rings is 1. The average Bonchev–Trinajstić information content (AvgIpc) is 3.65. The van der Waals surface area contributed by atoms with Gasteiger partial charge in [0.25, 0.3) is 11.8 Å². The summed E-state index contributed by atoms with van der Waals surface area (Å²) >= 11 is 1.33. The average molecular weight is 515 g/mol. The van der Waals surface area contributed by atoms with Gasteiger partial charge in [-0.3, -0.25) is 14.9 Å². The second-order valence-electron chi connectivity index (χ2n) is 8.46. The summed E-state index contributed by atoms with van der Waals surface area (Å²) in [7, 11) is 3.61. The number of aromatic nitrogens is 3. The fraction of sp³-hybridized carbons (Fsp3) is 0.185. The molecule has 0 fully saturated rings. The van der Waals surface area contributed by atoms with Crippen molar-refractivity contribution >= 4 is 45.8 Å². The van der Waals surface area contributed by atoms with Gasteiger partial charge in [0, 0.05) is 38.3 Å². The number of rotatable bonds is 8. The minimum absolute atomic E-state index is 0.112. The molecule has 0 saturated carbocycles. The van der Waals surface area contributed by atoms with E-state index in [0.717, 1.165) is 10.4 Å². The summed E-state index contributed by atoms with van der Waals surface area (Å²) < 4.78 is 7.54. The molecule has 0 aliphatic rings. The third kappa shape index (κ3) is 5.02. The molecule has 10 heteroatoms. The first-order valence-electron chi connectivity index (χ1n) is 11.8. The van der Waals surface area contributed by atoms with E-state index in [2.05, 4.69) is 15.6 Å². The van der Waals surface area contributed by atoms with Gasteiger partial charge in [-0.15, -0.1) is 11.3 Å². The summed E-state index contributed by atoms with van der Waals surface area (Å²) in [6.45, 7) is 3.07. The number of hydrogen-bond acceptors (Lipinski definition) is 7. The number of oxazole rings is 1. The predicted molar refractivity (Wildman–Crippen MR) is 145 cm³/mol. The molecule has 3 heterocycles. The Bertz CT molecular complexity index is 1570. The maximum Gasteiger partial charge on any atom is 0.268 e. The maximum absolute atomic E-state index is 13.1. The zero-order chi connectivity index (χ0) is 25.9. The molecule has 2 aromatic carbocycles. The summed E-state index contributed by atoms with van der Waals surface area (Å²) in [5.41, 5.74) is 2.86. The lowest BCUT2D eigenvalue weighted by Gasteiger charge is -2.17. The minimum Gasteiger partial charge on any atom is -0.440 e. The molecule has 5 rings (SSSR count). The van der Waals surface area contributed by atoms with E-state index in [-0.39, 0.29) is 11.8 Å². The monoisotopic (exact) mass is 514 g/mol. The first-order chi connectivity index (χ1) is 17.9. The number of benzene rings is 2. The third-order valence-electron chi connectivity index (χ3n) is 5.95. The van der Waals surface area contributed by atoms with Crippen LogP contribution in [0.2, 0.25) is 0 Å². The Morgan fingerprint density at radius 2 is 1.92 bits per heavy atom. The van der Waals surface area contributed by atoms with Crippen LogP contribution in [0.5, 0.6) is 0 Å². The van der Waals surface area contributed by atoms with Gasteiger partial charge < -0.3 is 19.2 Å². The molecule has 0 bridgehead atoms. The first kappa shape index (κ1) is 24.4. The lowest BCUT2D eigenvalue weighted by molar-refractivity contribution is 0.0991. The summed E-state index contributed by atoms with van der Waals surface area (Å²) in [5, 5.41) is 6.10. The number of carbonyl (C=O) groups is 2. The lowest BCUT2D eigenvalue weighted by Crippen LogP contribution is -2.26. The highest BCUT2D eigenvalue weighted by atomic mass is 32.1. The molecule has 0 aliphatic heterocycles. The fourth-order valence-corrected chi connectivity index (χ4v) is 4.84. The van der Waals surface area contributed by atoms with Gasteiger partial charge in [-0.2, -0.15) is 0 Å². The quantitative estimate of drug-likeness (QED) is 0.308. The Hall–Kier alpha value is -4.28. The van der Waals surface area contributed by atoms with Crippen LogP contribution < -0.4 is 15.5 Å². The number of nitrogens with one attached hydrogen (secondary N) is 2. The van der Waals surface area contributed by atoms with Crippen molar-refractivity contribution < 1.29 is 14.0 Å². The molecular formula is C27H26N6O3S. The standard InChI is InChI=1S/C27H26N6O3S/c1-17-29-16-22(36-17)23-11-12-24(37-23)25(34)31-27-30-20-15-19(9-10-21(20)33(27)14-13-28-2)32(3)26(35)18-7-5-4-6-8-18/h4-12,15-16,28H,13-14H2,1-3H3,(H,30,31,34). The number of likely N-dealkylation sites (N-methyl/N-ethyl adjacent to an activating group) is 1. The van der Waals surface area contributed by atoms with Crippen LogP contribution in [0, 0.1) is 6.92 Å².